The van der Waals surface area contributed by atoms with E-state index in [-0.39, 0.29) is 27.0 Å². The van der Waals surface area contributed by atoms with Gasteiger partial charge in [0.05, 0.1) is 4.90 Å². The number of nitrogens with zero attached hydrogens (tertiary/aromatic N) is 1. The van der Waals surface area contributed by atoms with E-state index in [2.05, 4.69) is 0 Å². The van der Waals surface area contributed by atoms with Crippen LogP contribution >= 0.6 is 11.6 Å². The van der Waals surface area contributed by atoms with Crippen molar-refractivity contribution < 1.29 is 22.7 Å². The van der Waals surface area contributed by atoms with Crippen LogP contribution in [0.2, 0.25) is 5.02 Å². The summed E-state index contributed by atoms with van der Waals surface area (Å²) < 4.78 is 44.5. The van der Waals surface area contributed by atoms with Gasteiger partial charge in [-0.3, -0.25) is 0 Å². The Bertz CT molecular complexity index is 880. The fourth-order valence-electron chi connectivity index (χ4n) is 2.54. The highest BCUT2D eigenvalue weighted by Gasteiger charge is 2.41. The lowest BCUT2D eigenvalue weighted by Crippen LogP contribution is -2.23. The molecule has 5 nitrogen and oxygen atoms in total. The van der Waals surface area contributed by atoms with Gasteiger partial charge >= 0.3 is 0 Å². The van der Waals surface area contributed by atoms with E-state index in [4.69, 9.17) is 16.3 Å². The summed E-state index contributed by atoms with van der Waals surface area (Å²) in [5.74, 6) is -0.159. The molecule has 0 aliphatic carbocycles. The summed E-state index contributed by atoms with van der Waals surface area (Å²) in [4.78, 5) is 0.00694. The maximum Gasteiger partial charge on any atom is 0.246 e. The van der Waals surface area contributed by atoms with Gasteiger partial charge in [-0.2, -0.15) is 4.31 Å². The van der Waals surface area contributed by atoms with E-state index in [9.17, 15) is 17.9 Å². The van der Waals surface area contributed by atoms with Gasteiger partial charge < -0.3 is 9.84 Å². The fourth-order valence-corrected chi connectivity index (χ4v) is 4.37. The van der Waals surface area contributed by atoms with E-state index >= 15 is 0 Å². The molecule has 8 heteroatoms. The molecule has 2 aromatic carbocycles. The molecule has 1 unspecified atom stereocenters. The molecule has 0 saturated heterocycles. The first-order chi connectivity index (χ1) is 10.7. The van der Waals surface area contributed by atoms with Gasteiger partial charge in [-0.1, -0.05) is 11.6 Å². The van der Waals surface area contributed by atoms with Crippen LogP contribution in [-0.2, 0) is 10.0 Å². The van der Waals surface area contributed by atoms with Crippen molar-refractivity contribution in [1.82, 2.24) is 4.31 Å². The third-order valence-corrected chi connectivity index (χ3v) is 5.94. The van der Waals surface area contributed by atoms with Crippen molar-refractivity contribution in [1.29, 1.82) is 0 Å². The second-order valence-corrected chi connectivity index (χ2v) is 7.58. The predicted octanol–water partition coefficient (Wildman–Crippen LogP) is 3.20. The van der Waals surface area contributed by atoms with Gasteiger partial charge in [0.2, 0.25) is 10.0 Å². The summed E-state index contributed by atoms with van der Waals surface area (Å²) in [7, 11) is -2.49. The van der Waals surface area contributed by atoms with Crippen molar-refractivity contribution in [3.8, 4) is 11.5 Å². The molecule has 0 bridgehead atoms. The second-order valence-electron chi connectivity index (χ2n) is 5.21. The molecule has 0 amide bonds. The molecule has 0 radical (unpaired) electrons. The predicted molar refractivity (Wildman–Crippen MR) is 82.6 cm³/mol. The van der Waals surface area contributed by atoms with Crippen molar-refractivity contribution in [2.75, 3.05) is 7.05 Å². The maximum absolute atomic E-state index is 13.4. The Balaban J connectivity index is 2.09. The smallest absolute Gasteiger partial charge is 0.246 e. The van der Waals surface area contributed by atoms with Crippen LogP contribution < -0.4 is 4.74 Å². The largest absolute Gasteiger partial charge is 0.457 e. The zero-order valence-electron chi connectivity index (χ0n) is 12.2. The van der Waals surface area contributed by atoms with Crippen LogP contribution in [0.25, 0.3) is 0 Å². The molecule has 0 aromatic heterocycles. The second kappa shape index (κ2) is 5.45. The van der Waals surface area contributed by atoms with E-state index in [1.807, 2.05) is 0 Å². The number of benzene rings is 2. The van der Waals surface area contributed by atoms with Gasteiger partial charge in [0, 0.05) is 29.3 Å². The molecule has 0 spiro atoms. The molecule has 1 aliphatic heterocycles. The monoisotopic (exact) mass is 357 g/mol. The Labute approximate surface area is 137 Å². The average molecular weight is 358 g/mol. The van der Waals surface area contributed by atoms with Crippen LogP contribution in [0.3, 0.4) is 0 Å². The standard InChI is InChI=1S/C15H13ClFNO4S/c1-8-13(22-11-6-9(16)5-10(17)7-11)4-3-12-14(8)23(20,21)18(2)15(12)19/h3-7,15,19H,1-2H3. The number of halogens is 2. The SMILES string of the molecule is Cc1c(Oc2cc(F)cc(Cl)c2)ccc2c1S(=O)(=O)N(C)C2O. The first-order valence-corrected chi connectivity index (χ1v) is 8.47. The number of sulfonamides is 1. The summed E-state index contributed by atoms with van der Waals surface area (Å²) in [6.45, 7) is 1.57. The lowest BCUT2D eigenvalue weighted by Gasteiger charge is -2.12. The fraction of sp³-hybridized carbons (Fsp3) is 0.200. The highest BCUT2D eigenvalue weighted by molar-refractivity contribution is 7.89. The third-order valence-electron chi connectivity index (χ3n) is 3.71. The van der Waals surface area contributed by atoms with Gasteiger partial charge in [-0.15, -0.1) is 0 Å². The van der Waals surface area contributed by atoms with Crippen molar-refractivity contribution in [3.63, 3.8) is 0 Å². The van der Waals surface area contributed by atoms with Gasteiger partial charge in [0.1, 0.15) is 23.5 Å². The van der Waals surface area contributed by atoms with Crippen molar-refractivity contribution in [2.45, 2.75) is 18.0 Å². The Morgan fingerprint density at radius 2 is 2.00 bits per heavy atom. The minimum Gasteiger partial charge on any atom is -0.457 e. The van der Waals surface area contributed by atoms with E-state index < -0.39 is 22.1 Å². The molecule has 0 fully saturated rings. The zero-order valence-corrected chi connectivity index (χ0v) is 13.8. The van der Waals surface area contributed by atoms with Crippen LogP contribution in [0, 0.1) is 12.7 Å². The van der Waals surface area contributed by atoms with Crippen molar-refractivity contribution in [3.05, 3.63) is 52.3 Å². The molecule has 2 aromatic rings. The first-order valence-electron chi connectivity index (χ1n) is 6.65. The number of hydrogen-bond donors (Lipinski definition) is 1. The first kappa shape index (κ1) is 16.2. The lowest BCUT2D eigenvalue weighted by molar-refractivity contribution is 0.0851. The summed E-state index contributed by atoms with van der Waals surface area (Å²) in [5, 5.41) is 10.2. The summed E-state index contributed by atoms with van der Waals surface area (Å²) in [6.07, 6.45) is -1.23. The molecular weight excluding hydrogens is 345 g/mol. The Kier molecular flexibility index (Phi) is 3.84. The van der Waals surface area contributed by atoms with Crippen LogP contribution in [0.15, 0.2) is 35.2 Å². The maximum atomic E-state index is 13.4. The van der Waals surface area contributed by atoms with Crippen LogP contribution in [-0.4, -0.2) is 24.9 Å². The van der Waals surface area contributed by atoms with Gasteiger partial charge in [-0.25, -0.2) is 12.8 Å². The van der Waals surface area contributed by atoms with Gasteiger partial charge in [-0.05, 0) is 31.2 Å². The number of ether oxygens (including phenoxy) is 1. The Hall–Kier alpha value is -1.67. The molecular formula is C15H13ClFNO4S. The van der Waals surface area contributed by atoms with Crippen molar-refractivity contribution in [2.24, 2.45) is 0 Å². The molecule has 1 heterocycles. The Morgan fingerprint density at radius 3 is 2.65 bits per heavy atom. The van der Waals surface area contributed by atoms with E-state index in [1.54, 1.807) is 6.92 Å². The summed E-state index contributed by atoms with van der Waals surface area (Å²) >= 11 is 5.78. The summed E-state index contributed by atoms with van der Waals surface area (Å²) in [5.41, 5.74) is 0.626. The normalized spacial score (nSPS) is 19.6. The number of fused-ring (bicyclic) bond motifs is 1. The van der Waals surface area contributed by atoms with Gasteiger partial charge in [0.25, 0.3) is 0 Å². The molecule has 1 N–H and O–H groups in total. The zero-order chi connectivity index (χ0) is 16.9. The molecule has 122 valence electrons. The molecule has 23 heavy (non-hydrogen) atoms. The lowest BCUT2D eigenvalue weighted by atomic mass is 10.1. The highest BCUT2D eigenvalue weighted by atomic mass is 35.5. The Morgan fingerprint density at radius 1 is 1.30 bits per heavy atom. The quantitative estimate of drug-likeness (QED) is 0.896. The molecule has 3 rings (SSSR count). The molecule has 1 aliphatic rings. The van der Waals surface area contributed by atoms with Crippen molar-refractivity contribution >= 4 is 21.6 Å². The minimum atomic E-state index is -3.79. The third kappa shape index (κ3) is 2.59. The van der Waals surface area contributed by atoms with E-state index in [0.717, 1.165) is 16.4 Å². The highest BCUT2D eigenvalue weighted by Crippen LogP contribution is 2.42. The number of aliphatic hydroxyl groups excluding tert-OH is 1. The number of aliphatic hydroxyl groups is 1. The molecule has 0 saturated carbocycles. The average Bonchev–Trinajstić information content (AvgIpc) is 2.62. The van der Waals surface area contributed by atoms with E-state index in [0.29, 0.717) is 5.56 Å². The minimum absolute atomic E-state index is 0.00694. The van der Waals surface area contributed by atoms with Crippen LogP contribution in [0.1, 0.15) is 17.4 Å². The summed E-state index contributed by atoms with van der Waals surface area (Å²) in [6, 6.07) is 6.72. The number of hydrogen-bond acceptors (Lipinski definition) is 4. The molecule has 1 atom stereocenters. The number of rotatable bonds is 2. The van der Waals surface area contributed by atoms with Crippen LogP contribution in [0.4, 0.5) is 4.39 Å². The van der Waals surface area contributed by atoms with Crippen LogP contribution in [0.5, 0.6) is 11.5 Å². The van der Waals surface area contributed by atoms with E-state index in [1.165, 1.54) is 25.2 Å². The van der Waals surface area contributed by atoms with Gasteiger partial charge in [0.15, 0.2) is 0 Å². The topological polar surface area (TPSA) is 66.8 Å².